The van der Waals surface area contributed by atoms with Gasteiger partial charge in [-0.2, -0.15) is 0 Å². The summed E-state index contributed by atoms with van der Waals surface area (Å²) in [7, 11) is 0. The molecule has 3 rings (SSSR count). The van der Waals surface area contributed by atoms with Gasteiger partial charge in [0.2, 0.25) is 0 Å². The van der Waals surface area contributed by atoms with Gasteiger partial charge in [-0.05, 0) is 25.5 Å². The fraction of sp³-hybridized carbons (Fsp3) is 0.360. The molecule has 1 N–H and O–H groups in total. The Labute approximate surface area is 176 Å². The van der Waals surface area contributed by atoms with Gasteiger partial charge >= 0.3 is 0 Å². The van der Waals surface area contributed by atoms with Crippen molar-refractivity contribution in [1.29, 1.82) is 0 Å². The van der Waals surface area contributed by atoms with E-state index < -0.39 is 0 Å². The van der Waals surface area contributed by atoms with Gasteiger partial charge in [0.05, 0.1) is 5.69 Å². The van der Waals surface area contributed by atoms with Crippen LogP contribution in [-0.4, -0.2) is 24.7 Å². The zero-order chi connectivity index (χ0) is 22.1. The van der Waals surface area contributed by atoms with E-state index in [4.69, 9.17) is 4.74 Å². The van der Waals surface area contributed by atoms with Crippen molar-refractivity contribution in [2.24, 2.45) is 0 Å². The SMILES string of the molecule is CC.CC.CC(=O)COc1cccc2c1NCC=C2.CC(=O)Cc1ccccc1. The van der Waals surface area contributed by atoms with Crippen molar-refractivity contribution in [1.82, 2.24) is 0 Å². The molecule has 0 spiro atoms. The molecule has 0 saturated heterocycles. The summed E-state index contributed by atoms with van der Waals surface area (Å²) >= 11 is 0. The molecule has 4 heteroatoms. The van der Waals surface area contributed by atoms with Gasteiger partial charge in [0.15, 0.2) is 5.78 Å². The maximum Gasteiger partial charge on any atom is 0.167 e. The van der Waals surface area contributed by atoms with Crippen LogP contribution in [-0.2, 0) is 16.0 Å². The highest BCUT2D eigenvalue weighted by Gasteiger charge is 2.10. The lowest BCUT2D eigenvalue weighted by Crippen LogP contribution is -2.11. The molecule has 0 atom stereocenters. The van der Waals surface area contributed by atoms with Gasteiger partial charge in [-0.3, -0.25) is 9.59 Å². The number of hydrogen-bond acceptors (Lipinski definition) is 4. The van der Waals surface area contributed by atoms with Crippen LogP contribution in [0.25, 0.3) is 6.08 Å². The fourth-order valence-corrected chi connectivity index (χ4v) is 2.41. The van der Waals surface area contributed by atoms with E-state index in [1.165, 1.54) is 6.92 Å². The third-order valence-electron chi connectivity index (χ3n) is 3.48. The Hall–Kier alpha value is -2.88. The van der Waals surface area contributed by atoms with E-state index in [0.29, 0.717) is 6.42 Å². The number of hydrogen-bond donors (Lipinski definition) is 1. The fourth-order valence-electron chi connectivity index (χ4n) is 2.41. The van der Waals surface area contributed by atoms with Gasteiger partial charge in [-0.15, -0.1) is 0 Å². The molecule has 1 heterocycles. The summed E-state index contributed by atoms with van der Waals surface area (Å²) in [6, 6.07) is 15.6. The second-order valence-electron chi connectivity index (χ2n) is 5.86. The molecule has 0 radical (unpaired) electrons. The minimum Gasteiger partial charge on any atom is -0.484 e. The number of Topliss-reactive ketones (excluding diaryl/α,β-unsaturated/α-hetero) is 2. The molecule has 0 fully saturated rings. The van der Waals surface area contributed by atoms with Gasteiger partial charge in [0.25, 0.3) is 0 Å². The quantitative estimate of drug-likeness (QED) is 0.676. The van der Waals surface area contributed by atoms with Crippen LogP contribution >= 0.6 is 0 Å². The van der Waals surface area contributed by atoms with Crippen LogP contribution in [0, 0.1) is 0 Å². The first kappa shape index (κ1) is 26.1. The first-order chi connectivity index (χ1) is 14.1. The molecule has 0 saturated carbocycles. The van der Waals surface area contributed by atoms with Crippen molar-refractivity contribution in [3.63, 3.8) is 0 Å². The number of nitrogens with one attached hydrogen (secondary N) is 1. The Morgan fingerprint density at radius 3 is 2.14 bits per heavy atom. The standard InChI is InChI=1S/C12H13NO2.C9H10O.2C2H6/c1-9(14)8-15-11-6-2-4-10-5-3-7-13-12(10)11;1-8(10)7-9-5-3-2-4-6-9;2*1-2/h2-6,13H,7-8H2,1H3;2-6H,7H2,1H3;2*1-2H3. The van der Waals surface area contributed by atoms with Crippen LogP contribution < -0.4 is 10.1 Å². The molecule has 0 amide bonds. The Kier molecular flexibility index (Phi) is 14.5. The van der Waals surface area contributed by atoms with E-state index in [9.17, 15) is 9.59 Å². The lowest BCUT2D eigenvalue weighted by atomic mass is 10.1. The zero-order valence-electron chi connectivity index (χ0n) is 18.6. The Balaban J connectivity index is 0.000000488. The zero-order valence-corrected chi connectivity index (χ0v) is 18.6. The summed E-state index contributed by atoms with van der Waals surface area (Å²) in [6.07, 6.45) is 4.66. The Morgan fingerprint density at radius 2 is 1.55 bits per heavy atom. The summed E-state index contributed by atoms with van der Waals surface area (Å²) in [5.74, 6) is 0.984. The number of para-hydroxylation sites is 1. The summed E-state index contributed by atoms with van der Waals surface area (Å²) in [4.78, 5) is 21.4. The number of ketones is 2. The van der Waals surface area contributed by atoms with E-state index in [1.807, 2.05) is 82.3 Å². The smallest absolute Gasteiger partial charge is 0.167 e. The number of fused-ring (bicyclic) bond motifs is 1. The van der Waals surface area contributed by atoms with E-state index in [0.717, 1.165) is 29.1 Å². The first-order valence-electron chi connectivity index (χ1n) is 10.3. The van der Waals surface area contributed by atoms with Gasteiger partial charge in [-0.1, -0.05) is 82.3 Å². The molecule has 4 nitrogen and oxygen atoms in total. The predicted octanol–water partition coefficient (Wildman–Crippen LogP) is 5.96. The largest absolute Gasteiger partial charge is 0.484 e. The van der Waals surface area contributed by atoms with Crippen molar-refractivity contribution in [2.75, 3.05) is 18.5 Å². The molecule has 0 bridgehead atoms. The van der Waals surface area contributed by atoms with Crippen LogP contribution in [0.4, 0.5) is 5.69 Å². The predicted molar refractivity (Wildman–Crippen MR) is 124 cm³/mol. The highest BCUT2D eigenvalue weighted by Crippen LogP contribution is 2.31. The average molecular weight is 398 g/mol. The number of rotatable bonds is 5. The summed E-state index contributed by atoms with van der Waals surface area (Å²) < 4.78 is 5.42. The third-order valence-corrected chi connectivity index (χ3v) is 3.48. The molecule has 0 aliphatic carbocycles. The number of ether oxygens (including phenoxy) is 1. The molecular formula is C25H35NO3. The van der Waals surface area contributed by atoms with Gasteiger partial charge in [0, 0.05) is 18.5 Å². The lowest BCUT2D eigenvalue weighted by molar-refractivity contribution is -0.119. The van der Waals surface area contributed by atoms with Crippen LogP contribution in [0.3, 0.4) is 0 Å². The molecule has 158 valence electrons. The van der Waals surface area contributed by atoms with Crippen LogP contribution in [0.5, 0.6) is 5.75 Å². The van der Waals surface area contributed by atoms with Crippen molar-refractivity contribution < 1.29 is 14.3 Å². The van der Waals surface area contributed by atoms with Gasteiger partial charge < -0.3 is 10.1 Å². The molecule has 1 aliphatic rings. The Morgan fingerprint density at radius 1 is 0.897 bits per heavy atom. The van der Waals surface area contributed by atoms with Crippen LogP contribution in [0.1, 0.15) is 52.7 Å². The first-order valence-corrected chi connectivity index (χ1v) is 10.3. The molecule has 2 aromatic carbocycles. The molecular weight excluding hydrogens is 362 g/mol. The highest BCUT2D eigenvalue weighted by atomic mass is 16.5. The van der Waals surface area contributed by atoms with Crippen LogP contribution in [0.15, 0.2) is 54.6 Å². The Bertz CT molecular complexity index is 752. The molecule has 0 unspecified atom stereocenters. The van der Waals surface area contributed by atoms with Gasteiger partial charge in [-0.25, -0.2) is 0 Å². The highest BCUT2D eigenvalue weighted by molar-refractivity contribution is 5.79. The number of benzene rings is 2. The van der Waals surface area contributed by atoms with E-state index in [-0.39, 0.29) is 18.2 Å². The van der Waals surface area contributed by atoms with E-state index in [2.05, 4.69) is 11.4 Å². The topological polar surface area (TPSA) is 55.4 Å². The normalized spacial score (nSPS) is 10.3. The minimum absolute atomic E-state index is 0.0268. The monoisotopic (exact) mass is 397 g/mol. The van der Waals surface area contributed by atoms with Crippen molar-refractivity contribution in [3.8, 4) is 5.75 Å². The lowest BCUT2D eigenvalue weighted by Gasteiger charge is -2.17. The third kappa shape index (κ3) is 10.9. The maximum absolute atomic E-state index is 10.8. The number of carbonyl (C=O) groups is 2. The second kappa shape index (κ2) is 16.1. The average Bonchev–Trinajstić information content (AvgIpc) is 2.76. The minimum atomic E-state index is 0.0268. The van der Waals surface area contributed by atoms with Crippen molar-refractivity contribution >= 4 is 23.3 Å². The number of carbonyl (C=O) groups excluding carboxylic acids is 2. The molecule has 2 aromatic rings. The maximum atomic E-state index is 10.8. The van der Waals surface area contributed by atoms with Crippen LogP contribution in [0.2, 0.25) is 0 Å². The van der Waals surface area contributed by atoms with Crippen molar-refractivity contribution in [2.45, 2.75) is 48.0 Å². The van der Waals surface area contributed by atoms with E-state index in [1.54, 1.807) is 6.92 Å². The summed E-state index contributed by atoms with van der Waals surface area (Å²) in [5, 5.41) is 3.23. The van der Waals surface area contributed by atoms with E-state index >= 15 is 0 Å². The summed E-state index contributed by atoms with van der Waals surface area (Å²) in [5.41, 5.74) is 3.17. The molecule has 29 heavy (non-hydrogen) atoms. The number of anilines is 1. The molecule has 0 aromatic heterocycles. The molecule has 1 aliphatic heterocycles. The summed E-state index contributed by atoms with van der Waals surface area (Å²) in [6.45, 7) is 12.0. The van der Waals surface area contributed by atoms with Crippen molar-refractivity contribution in [3.05, 3.63) is 65.7 Å². The second-order valence-corrected chi connectivity index (χ2v) is 5.86. The van der Waals surface area contributed by atoms with Gasteiger partial charge in [0.1, 0.15) is 18.1 Å².